The van der Waals surface area contributed by atoms with Gasteiger partial charge < -0.3 is 5.32 Å². The Bertz CT molecular complexity index is 397. The quantitative estimate of drug-likeness (QED) is 0.765. The third kappa shape index (κ3) is 6.13. The van der Waals surface area contributed by atoms with Crippen LogP contribution >= 0.6 is 24.8 Å². The number of nitrogens with zero attached hydrogens (tertiary/aromatic N) is 2. The molecular formula is C14H31Cl2N3O2S. The fourth-order valence-electron chi connectivity index (χ4n) is 3.63. The van der Waals surface area contributed by atoms with Crippen molar-refractivity contribution in [1.29, 1.82) is 0 Å². The van der Waals surface area contributed by atoms with E-state index in [-0.39, 0.29) is 24.8 Å². The number of halogens is 2. The van der Waals surface area contributed by atoms with Crippen LogP contribution < -0.4 is 5.32 Å². The van der Waals surface area contributed by atoms with Gasteiger partial charge in [-0.15, -0.1) is 24.8 Å². The van der Waals surface area contributed by atoms with Crippen molar-refractivity contribution in [2.45, 2.75) is 38.6 Å². The van der Waals surface area contributed by atoms with E-state index in [1.807, 2.05) is 6.92 Å². The molecule has 2 fully saturated rings. The van der Waals surface area contributed by atoms with Crippen molar-refractivity contribution in [2.75, 3.05) is 45.5 Å². The predicted octanol–water partition coefficient (Wildman–Crippen LogP) is 1.58. The van der Waals surface area contributed by atoms with Gasteiger partial charge in [0.2, 0.25) is 10.0 Å². The molecule has 1 heterocycles. The number of hydrogen-bond donors (Lipinski definition) is 1. The van der Waals surface area contributed by atoms with Crippen molar-refractivity contribution in [3.05, 3.63) is 0 Å². The average Bonchev–Trinajstić information content (AvgIpc) is 2.93. The summed E-state index contributed by atoms with van der Waals surface area (Å²) in [6.07, 6.45) is 6.46. The van der Waals surface area contributed by atoms with Crippen LogP contribution in [0.25, 0.3) is 0 Å². The first-order chi connectivity index (χ1) is 9.52. The van der Waals surface area contributed by atoms with Crippen LogP contribution in [0.2, 0.25) is 0 Å². The molecule has 1 atom stereocenters. The number of piperazine rings is 1. The first kappa shape index (κ1) is 22.4. The second kappa shape index (κ2) is 10.3. The van der Waals surface area contributed by atoms with Gasteiger partial charge in [0.05, 0.1) is 6.26 Å². The molecule has 1 N–H and O–H groups in total. The second-order valence-electron chi connectivity index (χ2n) is 6.11. The lowest BCUT2D eigenvalue weighted by Crippen LogP contribution is -2.55. The predicted molar refractivity (Wildman–Crippen MR) is 96.8 cm³/mol. The Morgan fingerprint density at radius 1 is 1.18 bits per heavy atom. The number of nitrogens with one attached hydrogen (secondary N) is 1. The van der Waals surface area contributed by atoms with Gasteiger partial charge >= 0.3 is 0 Å². The summed E-state index contributed by atoms with van der Waals surface area (Å²) in [6, 6.07) is 0.397. The summed E-state index contributed by atoms with van der Waals surface area (Å²) in [4.78, 5) is 2.51. The first-order valence-electron chi connectivity index (χ1n) is 7.92. The molecule has 0 aromatic rings. The van der Waals surface area contributed by atoms with Gasteiger partial charge in [0.1, 0.15) is 0 Å². The van der Waals surface area contributed by atoms with Crippen LogP contribution in [0.5, 0.6) is 0 Å². The molecule has 2 aliphatic rings. The lowest BCUT2D eigenvalue weighted by Gasteiger charge is -2.40. The summed E-state index contributed by atoms with van der Waals surface area (Å²) in [7, 11) is -3.09. The number of likely N-dealkylation sites (N-methyl/N-ethyl adjacent to an activating group) is 1. The molecule has 22 heavy (non-hydrogen) atoms. The van der Waals surface area contributed by atoms with Crippen molar-refractivity contribution in [3.8, 4) is 0 Å². The van der Waals surface area contributed by atoms with Crippen molar-refractivity contribution in [3.63, 3.8) is 0 Å². The Balaban J connectivity index is 0.00000220. The molecule has 1 unspecified atom stereocenters. The van der Waals surface area contributed by atoms with E-state index in [0.717, 1.165) is 26.2 Å². The van der Waals surface area contributed by atoms with Crippen LogP contribution in [0.4, 0.5) is 0 Å². The average molecular weight is 376 g/mol. The maximum absolute atomic E-state index is 11.9. The van der Waals surface area contributed by atoms with Crippen molar-refractivity contribution in [2.24, 2.45) is 5.92 Å². The zero-order valence-electron chi connectivity index (χ0n) is 13.7. The summed E-state index contributed by atoms with van der Waals surface area (Å²) in [5.41, 5.74) is 0. The van der Waals surface area contributed by atoms with E-state index in [4.69, 9.17) is 0 Å². The molecule has 1 saturated heterocycles. The summed E-state index contributed by atoms with van der Waals surface area (Å²) in [5, 5.41) is 3.38. The SMILES string of the molecule is CCN(CC(C1CCCC1)N1CCNCC1)S(C)(=O)=O.Cl.Cl. The van der Waals surface area contributed by atoms with Gasteiger partial charge in [0, 0.05) is 45.3 Å². The third-order valence-electron chi connectivity index (χ3n) is 4.78. The van der Waals surface area contributed by atoms with Gasteiger partial charge in [-0.05, 0) is 18.8 Å². The molecule has 1 aliphatic carbocycles. The number of hydrogen-bond acceptors (Lipinski definition) is 4. The Labute approximate surface area is 148 Å². The molecule has 134 valence electrons. The van der Waals surface area contributed by atoms with Crippen LogP contribution in [-0.4, -0.2) is 69.2 Å². The Morgan fingerprint density at radius 2 is 1.73 bits per heavy atom. The van der Waals surface area contributed by atoms with E-state index in [1.54, 1.807) is 4.31 Å². The zero-order chi connectivity index (χ0) is 14.6. The molecule has 0 bridgehead atoms. The smallest absolute Gasteiger partial charge is 0.211 e. The molecule has 1 aliphatic heterocycles. The standard InChI is InChI=1S/C14H29N3O2S.2ClH/c1-3-17(20(2,18)19)12-14(13-6-4-5-7-13)16-10-8-15-9-11-16;;/h13-15H,3-12H2,1-2H3;2*1H. The maximum atomic E-state index is 11.9. The van der Waals surface area contributed by atoms with Gasteiger partial charge in [-0.3, -0.25) is 4.90 Å². The summed E-state index contributed by atoms with van der Waals surface area (Å²) >= 11 is 0. The Kier molecular flexibility index (Phi) is 10.5. The highest BCUT2D eigenvalue weighted by molar-refractivity contribution is 7.88. The minimum Gasteiger partial charge on any atom is -0.314 e. The summed E-state index contributed by atoms with van der Waals surface area (Å²) in [5.74, 6) is 0.670. The molecule has 0 amide bonds. The zero-order valence-corrected chi connectivity index (χ0v) is 16.1. The molecule has 8 heteroatoms. The van der Waals surface area contributed by atoms with Crippen LogP contribution in [0.1, 0.15) is 32.6 Å². The van der Waals surface area contributed by atoms with Gasteiger partial charge in [0.15, 0.2) is 0 Å². The largest absolute Gasteiger partial charge is 0.314 e. The molecule has 5 nitrogen and oxygen atoms in total. The minimum absolute atomic E-state index is 0. The number of sulfonamides is 1. The van der Waals surface area contributed by atoms with Crippen molar-refractivity contribution >= 4 is 34.8 Å². The first-order valence-corrected chi connectivity index (χ1v) is 9.77. The fraction of sp³-hybridized carbons (Fsp3) is 1.00. The van der Waals surface area contributed by atoms with E-state index >= 15 is 0 Å². The minimum atomic E-state index is -3.09. The Morgan fingerprint density at radius 3 is 2.18 bits per heavy atom. The molecule has 0 aromatic carbocycles. The van der Waals surface area contributed by atoms with Gasteiger partial charge in [0.25, 0.3) is 0 Å². The molecule has 2 rings (SSSR count). The summed E-state index contributed by atoms with van der Waals surface area (Å²) < 4.78 is 25.4. The molecule has 0 spiro atoms. The van der Waals surface area contributed by atoms with Crippen LogP contribution in [0.15, 0.2) is 0 Å². The van der Waals surface area contributed by atoms with Crippen LogP contribution in [0, 0.1) is 5.92 Å². The molecule has 0 radical (unpaired) electrons. The fourth-order valence-corrected chi connectivity index (χ4v) is 4.52. The second-order valence-corrected chi connectivity index (χ2v) is 8.09. The maximum Gasteiger partial charge on any atom is 0.211 e. The highest BCUT2D eigenvalue weighted by Crippen LogP contribution is 2.31. The van der Waals surface area contributed by atoms with E-state index < -0.39 is 10.0 Å². The van der Waals surface area contributed by atoms with Gasteiger partial charge in [-0.2, -0.15) is 0 Å². The lowest BCUT2D eigenvalue weighted by atomic mass is 9.96. The highest BCUT2D eigenvalue weighted by Gasteiger charge is 2.33. The Hall–Kier alpha value is 0.410. The van der Waals surface area contributed by atoms with E-state index in [2.05, 4.69) is 10.2 Å². The molecular weight excluding hydrogens is 345 g/mol. The van der Waals surface area contributed by atoms with Crippen molar-refractivity contribution < 1.29 is 8.42 Å². The van der Waals surface area contributed by atoms with Gasteiger partial charge in [-0.1, -0.05) is 19.8 Å². The monoisotopic (exact) mass is 375 g/mol. The third-order valence-corrected chi connectivity index (χ3v) is 6.12. The van der Waals surface area contributed by atoms with Crippen molar-refractivity contribution in [1.82, 2.24) is 14.5 Å². The van der Waals surface area contributed by atoms with E-state index in [9.17, 15) is 8.42 Å². The topological polar surface area (TPSA) is 52.6 Å². The lowest BCUT2D eigenvalue weighted by molar-refractivity contribution is 0.108. The van der Waals surface area contributed by atoms with E-state index in [1.165, 1.54) is 31.9 Å². The normalized spacial score (nSPS) is 22.1. The number of rotatable bonds is 6. The summed E-state index contributed by atoms with van der Waals surface area (Å²) in [6.45, 7) is 7.31. The molecule has 0 aromatic heterocycles. The molecule has 1 saturated carbocycles. The van der Waals surface area contributed by atoms with E-state index in [0.29, 0.717) is 25.0 Å². The van der Waals surface area contributed by atoms with Crippen LogP contribution in [-0.2, 0) is 10.0 Å². The van der Waals surface area contributed by atoms with Gasteiger partial charge in [-0.25, -0.2) is 12.7 Å². The van der Waals surface area contributed by atoms with Crippen LogP contribution in [0.3, 0.4) is 0 Å². The highest BCUT2D eigenvalue weighted by atomic mass is 35.5.